The summed E-state index contributed by atoms with van der Waals surface area (Å²) in [6.07, 6.45) is 1.87. The number of urea groups is 1. The first-order valence-corrected chi connectivity index (χ1v) is 7.26. The third-order valence-electron chi connectivity index (χ3n) is 3.25. The minimum atomic E-state index is -0.934. The molecule has 0 aromatic rings. The summed E-state index contributed by atoms with van der Waals surface area (Å²) in [5, 5.41) is 11.9. The van der Waals surface area contributed by atoms with E-state index in [1.54, 1.807) is 0 Å². The van der Waals surface area contributed by atoms with Crippen molar-refractivity contribution in [3.63, 3.8) is 0 Å². The Balaban J connectivity index is 1.77. The molecule has 2 aliphatic rings. The largest absolute Gasteiger partial charge is 0.480 e. The second-order valence-electron chi connectivity index (χ2n) is 4.52. The molecule has 1 heterocycles. The fraction of sp³-hybridized carbons (Fsp3) is 0.818. The summed E-state index contributed by atoms with van der Waals surface area (Å²) in [6, 6.07) is -0.848. The number of carboxylic acid groups (broad SMARTS) is 1. The first kappa shape index (κ1) is 13.5. The molecule has 0 spiro atoms. The van der Waals surface area contributed by atoms with Gasteiger partial charge in [0.1, 0.15) is 6.04 Å². The van der Waals surface area contributed by atoms with Crippen LogP contribution in [0.1, 0.15) is 19.8 Å². The number of rotatable bonds is 4. The van der Waals surface area contributed by atoms with Crippen LogP contribution in [0.3, 0.4) is 0 Å². The third-order valence-corrected chi connectivity index (χ3v) is 4.27. The van der Waals surface area contributed by atoms with E-state index in [0.29, 0.717) is 18.2 Å². The van der Waals surface area contributed by atoms with Crippen LogP contribution in [-0.2, 0) is 9.53 Å². The van der Waals surface area contributed by atoms with E-state index in [1.807, 2.05) is 6.92 Å². The molecule has 102 valence electrons. The average molecular weight is 274 g/mol. The van der Waals surface area contributed by atoms with Crippen molar-refractivity contribution in [2.75, 3.05) is 18.2 Å². The Morgan fingerprint density at radius 1 is 1.50 bits per heavy atom. The van der Waals surface area contributed by atoms with E-state index >= 15 is 0 Å². The lowest BCUT2D eigenvalue weighted by Crippen LogP contribution is -2.54. The zero-order valence-corrected chi connectivity index (χ0v) is 11.1. The predicted octanol–water partition coefficient (Wildman–Crippen LogP) is 0.723. The van der Waals surface area contributed by atoms with Crippen molar-refractivity contribution < 1.29 is 19.4 Å². The maximum Gasteiger partial charge on any atom is 0.327 e. The Morgan fingerprint density at radius 2 is 2.22 bits per heavy atom. The minimum absolute atomic E-state index is 0.120. The molecular formula is C11H18N2O4S. The van der Waals surface area contributed by atoms with Gasteiger partial charge >= 0.3 is 12.0 Å². The average Bonchev–Trinajstić information content (AvgIpc) is 2.75. The maximum atomic E-state index is 11.9. The van der Waals surface area contributed by atoms with Crippen LogP contribution in [0.4, 0.5) is 4.79 Å². The van der Waals surface area contributed by atoms with Gasteiger partial charge in [0.2, 0.25) is 0 Å². The number of nitrogens with one attached hydrogen (secondary N) is 1. The zero-order valence-electron chi connectivity index (χ0n) is 10.3. The molecule has 7 heteroatoms. The molecule has 1 atom stereocenters. The summed E-state index contributed by atoms with van der Waals surface area (Å²) >= 11 is 1.47. The Bertz CT molecular complexity index is 333. The Morgan fingerprint density at radius 3 is 2.83 bits per heavy atom. The lowest BCUT2D eigenvalue weighted by Gasteiger charge is -2.36. The van der Waals surface area contributed by atoms with Crippen molar-refractivity contribution in [3.8, 4) is 0 Å². The van der Waals surface area contributed by atoms with Gasteiger partial charge in [-0.2, -0.15) is 0 Å². The SMILES string of the molecule is CCOC1CC(NC(=O)N2CSC[C@H]2C(=O)O)C1. The third kappa shape index (κ3) is 2.89. The molecule has 1 aliphatic carbocycles. The molecule has 0 unspecified atom stereocenters. The van der Waals surface area contributed by atoms with Crippen LogP contribution in [0.2, 0.25) is 0 Å². The summed E-state index contributed by atoms with van der Waals surface area (Å²) in [4.78, 5) is 24.3. The van der Waals surface area contributed by atoms with Crippen LogP contribution < -0.4 is 5.32 Å². The van der Waals surface area contributed by atoms with E-state index in [-0.39, 0.29) is 18.2 Å². The number of ether oxygens (including phenoxy) is 1. The van der Waals surface area contributed by atoms with Crippen molar-refractivity contribution in [1.29, 1.82) is 0 Å². The second kappa shape index (κ2) is 5.79. The summed E-state index contributed by atoms with van der Waals surface area (Å²) < 4.78 is 5.41. The van der Waals surface area contributed by atoms with E-state index in [9.17, 15) is 9.59 Å². The topological polar surface area (TPSA) is 78.9 Å². The quantitative estimate of drug-likeness (QED) is 0.790. The van der Waals surface area contributed by atoms with Gasteiger partial charge in [-0.05, 0) is 19.8 Å². The minimum Gasteiger partial charge on any atom is -0.480 e. The van der Waals surface area contributed by atoms with Crippen molar-refractivity contribution >= 4 is 23.8 Å². The number of hydrogen-bond acceptors (Lipinski definition) is 4. The standard InChI is InChI=1S/C11H18N2O4S/c1-2-17-8-3-7(4-8)12-11(16)13-6-18-5-9(13)10(14)15/h7-9H,2-6H2,1H3,(H,12,16)(H,14,15)/t7?,8?,9-/m0/s1. The molecule has 0 bridgehead atoms. The van der Waals surface area contributed by atoms with Gasteiger partial charge in [-0.3, -0.25) is 0 Å². The lowest BCUT2D eigenvalue weighted by atomic mass is 9.89. The number of nitrogens with zero attached hydrogens (tertiary/aromatic N) is 1. The van der Waals surface area contributed by atoms with Gasteiger partial charge in [0, 0.05) is 18.4 Å². The number of carbonyl (C=O) groups excluding carboxylic acids is 1. The number of hydrogen-bond donors (Lipinski definition) is 2. The van der Waals surface area contributed by atoms with Crippen LogP contribution in [0.5, 0.6) is 0 Å². The highest BCUT2D eigenvalue weighted by atomic mass is 32.2. The summed E-state index contributed by atoms with van der Waals surface area (Å²) in [7, 11) is 0. The van der Waals surface area contributed by atoms with Crippen molar-refractivity contribution in [3.05, 3.63) is 0 Å². The van der Waals surface area contributed by atoms with Gasteiger partial charge in [0.05, 0.1) is 12.0 Å². The van der Waals surface area contributed by atoms with E-state index in [1.165, 1.54) is 16.7 Å². The molecule has 2 N–H and O–H groups in total. The van der Waals surface area contributed by atoms with Crippen LogP contribution in [0.25, 0.3) is 0 Å². The van der Waals surface area contributed by atoms with Crippen molar-refractivity contribution in [2.45, 2.75) is 38.0 Å². The Labute approximate surface area is 110 Å². The number of thioether (sulfide) groups is 1. The highest BCUT2D eigenvalue weighted by molar-refractivity contribution is 7.99. The summed E-state index contributed by atoms with van der Waals surface area (Å²) in [5.74, 6) is -0.0182. The van der Waals surface area contributed by atoms with E-state index in [4.69, 9.17) is 9.84 Å². The van der Waals surface area contributed by atoms with Crippen LogP contribution in [-0.4, -0.2) is 58.4 Å². The summed E-state index contributed by atoms with van der Waals surface area (Å²) in [6.45, 7) is 2.64. The van der Waals surface area contributed by atoms with Gasteiger partial charge < -0.3 is 20.1 Å². The smallest absolute Gasteiger partial charge is 0.327 e. The molecule has 1 saturated carbocycles. The zero-order chi connectivity index (χ0) is 13.1. The molecule has 1 saturated heterocycles. The number of aliphatic carboxylic acids is 1. The molecule has 2 rings (SSSR count). The van der Waals surface area contributed by atoms with Crippen molar-refractivity contribution in [2.24, 2.45) is 0 Å². The molecule has 0 aromatic carbocycles. The van der Waals surface area contributed by atoms with Gasteiger partial charge in [0.15, 0.2) is 0 Å². The van der Waals surface area contributed by atoms with Gasteiger partial charge in [0.25, 0.3) is 0 Å². The molecule has 18 heavy (non-hydrogen) atoms. The number of carboxylic acids is 1. The molecule has 2 fully saturated rings. The van der Waals surface area contributed by atoms with Gasteiger partial charge in [-0.1, -0.05) is 0 Å². The fourth-order valence-electron chi connectivity index (χ4n) is 2.16. The lowest BCUT2D eigenvalue weighted by molar-refractivity contribution is -0.140. The first-order valence-electron chi connectivity index (χ1n) is 6.11. The molecular weight excluding hydrogens is 256 g/mol. The van der Waals surface area contributed by atoms with Crippen LogP contribution in [0.15, 0.2) is 0 Å². The van der Waals surface area contributed by atoms with Gasteiger partial charge in [-0.25, -0.2) is 9.59 Å². The molecule has 0 aromatic heterocycles. The Kier molecular flexibility index (Phi) is 4.34. The predicted molar refractivity (Wildman–Crippen MR) is 67.6 cm³/mol. The molecule has 6 nitrogen and oxygen atoms in total. The van der Waals surface area contributed by atoms with E-state index in [0.717, 1.165) is 12.8 Å². The molecule has 0 radical (unpaired) electrons. The molecule has 1 aliphatic heterocycles. The highest BCUT2D eigenvalue weighted by Gasteiger charge is 2.37. The Hall–Kier alpha value is -0.950. The van der Waals surface area contributed by atoms with E-state index in [2.05, 4.69) is 5.32 Å². The number of amides is 2. The van der Waals surface area contributed by atoms with Crippen LogP contribution >= 0.6 is 11.8 Å². The van der Waals surface area contributed by atoms with Crippen LogP contribution in [0, 0.1) is 0 Å². The summed E-state index contributed by atoms with van der Waals surface area (Å²) in [5.41, 5.74) is 0. The van der Waals surface area contributed by atoms with Gasteiger partial charge in [-0.15, -0.1) is 11.8 Å². The normalized spacial score (nSPS) is 30.9. The fourth-order valence-corrected chi connectivity index (χ4v) is 3.31. The number of carbonyl (C=O) groups is 2. The monoisotopic (exact) mass is 274 g/mol. The van der Waals surface area contributed by atoms with Crippen molar-refractivity contribution in [1.82, 2.24) is 10.2 Å². The van der Waals surface area contributed by atoms with E-state index < -0.39 is 12.0 Å². The molecule has 2 amide bonds. The highest BCUT2D eigenvalue weighted by Crippen LogP contribution is 2.25. The first-order chi connectivity index (χ1) is 8.61. The second-order valence-corrected chi connectivity index (χ2v) is 5.52. The maximum absolute atomic E-state index is 11.9.